The number of benzene rings is 8. The van der Waals surface area contributed by atoms with Crippen LogP contribution in [0.25, 0.3) is 88.0 Å². The van der Waals surface area contributed by atoms with E-state index in [2.05, 4.69) is 191 Å². The Kier molecular flexibility index (Phi) is 5.91. The molecule has 0 aliphatic carbocycles. The summed E-state index contributed by atoms with van der Waals surface area (Å²) in [5.74, 6) is 0. The quantitative estimate of drug-likeness (QED) is 0.188. The average molecular weight is 611 g/mol. The van der Waals surface area contributed by atoms with Crippen molar-refractivity contribution in [3.8, 4) is 33.6 Å². The molecule has 0 atom stereocenters. The number of fused-ring (bicyclic) bond motifs is 7. The third kappa shape index (κ3) is 4.00. The van der Waals surface area contributed by atoms with Crippen molar-refractivity contribution in [2.24, 2.45) is 0 Å². The van der Waals surface area contributed by atoms with Crippen LogP contribution in [-0.2, 0) is 0 Å². The predicted molar refractivity (Wildman–Crippen MR) is 203 cm³/mol. The zero-order chi connectivity index (χ0) is 31.6. The SMILES string of the molecule is c1ccc2c(-c3ccc(-n4c5ccccc5c5ccccc54)cc3)ccc(-c3ccc(-n4c5ccccc5c5ccccc54)cc3)c2c1. The van der Waals surface area contributed by atoms with E-state index < -0.39 is 0 Å². The summed E-state index contributed by atoms with van der Waals surface area (Å²) in [4.78, 5) is 0. The lowest BCUT2D eigenvalue weighted by atomic mass is 9.92. The van der Waals surface area contributed by atoms with Gasteiger partial charge < -0.3 is 9.13 Å². The fourth-order valence-electron chi connectivity index (χ4n) is 7.78. The highest BCUT2D eigenvalue weighted by Crippen LogP contribution is 2.38. The summed E-state index contributed by atoms with van der Waals surface area (Å²) in [6.45, 7) is 0. The molecule has 0 unspecified atom stereocenters. The first-order chi connectivity index (χ1) is 23.8. The second kappa shape index (κ2) is 10.6. The van der Waals surface area contributed by atoms with Crippen molar-refractivity contribution >= 4 is 54.4 Å². The lowest BCUT2D eigenvalue weighted by Crippen LogP contribution is -1.94. The second-order valence-corrected chi connectivity index (χ2v) is 12.5. The highest BCUT2D eigenvalue weighted by Gasteiger charge is 2.15. The minimum Gasteiger partial charge on any atom is -0.309 e. The van der Waals surface area contributed by atoms with E-state index in [1.165, 1.54) is 88.0 Å². The summed E-state index contributed by atoms with van der Waals surface area (Å²) < 4.78 is 4.75. The Morgan fingerprint density at radius 2 is 0.500 bits per heavy atom. The number of hydrogen-bond acceptors (Lipinski definition) is 0. The van der Waals surface area contributed by atoms with Crippen molar-refractivity contribution in [2.45, 2.75) is 0 Å². The summed E-state index contributed by atoms with van der Waals surface area (Å²) in [7, 11) is 0. The van der Waals surface area contributed by atoms with Crippen molar-refractivity contribution in [3.63, 3.8) is 0 Å². The van der Waals surface area contributed by atoms with Crippen molar-refractivity contribution < 1.29 is 0 Å². The van der Waals surface area contributed by atoms with Crippen LogP contribution in [0, 0.1) is 0 Å². The Morgan fingerprint density at radius 1 is 0.229 bits per heavy atom. The van der Waals surface area contributed by atoms with Gasteiger partial charge in [-0.05, 0) is 81.6 Å². The predicted octanol–water partition coefficient (Wildman–Crippen LogP) is 12.4. The molecule has 0 aliphatic heterocycles. The van der Waals surface area contributed by atoms with Crippen LogP contribution in [0.5, 0.6) is 0 Å². The average Bonchev–Trinajstić information content (AvgIpc) is 3.68. The first-order valence-corrected chi connectivity index (χ1v) is 16.5. The minimum absolute atomic E-state index is 1.17. The van der Waals surface area contributed by atoms with Gasteiger partial charge in [-0.3, -0.25) is 0 Å². The van der Waals surface area contributed by atoms with E-state index in [0.29, 0.717) is 0 Å². The highest BCUT2D eigenvalue weighted by molar-refractivity contribution is 6.10. The van der Waals surface area contributed by atoms with Crippen LogP contribution in [0.2, 0.25) is 0 Å². The van der Waals surface area contributed by atoms with Crippen molar-refractivity contribution in [3.05, 3.63) is 182 Å². The van der Waals surface area contributed by atoms with Gasteiger partial charge in [0.15, 0.2) is 0 Å². The summed E-state index contributed by atoms with van der Waals surface area (Å²) in [6, 6.07) is 66.1. The topological polar surface area (TPSA) is 9.86 Å². The third-order valence-electron chi connectivity index (χ3n) is 9.96. The van der Waals surface area contributed by atoms with E-state index in [4.69, 9.17) is 0 Å². The van der Waals surface area contributed by atoms with Crippen LogP contribution in [-0.4, -0.2) is 9.13 Å². The van der Waals surface area contributed by atoms with Crippen molar-refractivity contribution in [1.82, 2.24) is 9.13 Å². The molecule has 0 saturated heterocycles. The number of rotatable bonds is 4. The van der Waals surface area contributed by atoms with Gasteiger partial charge in [0, 0.05) is 32.9 Å². The Balaban J connectivity index is 1.05. The fraction of sp³-hybridized carbons (Fsp3) is 0. The lowest BCUT2D eigenvalue weighted by Gasteiger charge is -2.14. The van der Waals surface area contributed by atoms with Gasteiger partial charge in [-0.15, -0.1) is 0 Å². The standard InChI is InChI=1S/C46H30N2/c1-2-12-38-36(32-23-27-34(28-24-32)48-45-19-9-5-15-41(45)42-16-6-10-20-46(42)48)30-29-35(37(38)11-1)31-21-25-33(26-22-31)47-43-17-7-3-13-39(43)40-14-4-8-18-44(40)47/h1-30H. The molecule has 0 radical (unpaired) electrons. The Morgan fingerprint density at radius 3 is 0.812 bits per heavy atom. The maximum absolute atomic E-state index is 2.37. The number of aromatic nitrogens is 2. The molecule has 0 aliphatic rings. The highest BCUT2D eigenvalue weighted by atomic mass is 15.0. The van der Waals surface area contributed by atoms with Crippen LogP contribution in [0.4, 0.5) is 0 Å². The van der Waals surface area contributed by atoms with Gasteiger partial charge in [0.1, 0.15) is 0 Å². The van der Waals surface area contributed by atoms with Gasteiger partial charge in [0.05, 0.1) is 22.1 Å². The van der Waals surface area contributed by atoms with Crippen LogP contribution in [0.3, 0.4) is 0 Å². The molecule has 0 N–H and O–H groups in total. The zero-order valence-corrected chi connectivity index (χ0v) is 26.2. The lowest BCUT2D eigenvalue weighted by molar-refractivity contribution is 1.18. The minimum atomic E-state index is 1.17. The van der Waals surface area contributed by atoms with Crippen LogP contribution < -0.4 is 0 Å². The van der Waals surface area contributed by atoms with Gasteiger partial charge in [0.25, 0.3) is 0 Å². The molecule has 0 amide bonds. The van der Waals surface area contributed by atoms with E-state index >= 15 is 0 Å². The van der Waals surface area contributed by atoms with E-state index in [9.17, 15) is 0 Å². The van der Waals surface area contributed by atoms with Crippen LogP contribution in [0.15, 0.2) is 182 Å². The summed E-state index contributed by atoms with van der Waals surface area (Å²) >= 11 is 0. The Labute approximate surface area is 278 Å². The first-order valence-electron chi connectivity index (χ1n) is 16.5. The molecular weight excluding hydrogens is 581 g/mol. The van der Waals surface area contributed by atoms with Crippen LogP contribution >= 0.6 is 0 Å². The molecule has 8 aromatic carbocycles. The molecule has 0 saturated carbocycles. The van der Waals surface area contributed by atoms with Crippen molar-refractivity contribution in [2.75, 3.05) is 0 Å². The molecule has 2 nitrogen and oxygen atoms in total. The summed E-state index contributed by atoms with van der Waals surface area (Å²) in [5, 5.41) is 7.63. The number of para-hydroxylation sites is 4. The molecule has 10 aromatic rings. The van der Waals surface area contributed by atoms with E-state index in [0.717, 1.165) is 0 Å². The maximum atomic E-state index is 2.37. The molecule has 10 rings (SSSR count). The zero-order valence-electron chi connectivity index (χ0n) is 26.2. The van der Waals surface area contributed by atoms with Crippen molar-refractivity contribution in [1.29, 1.82) is 0 Å². The number of hydrogen-bond donors (Lipinski definition) is 0. The Bertz CT molecular complexity index is 2510. The third-order valence-corrected chi connectivity index (χ3v) is 9.96. The molecule has 48 heavy (non-hydrogen) atoms. The van der Waals surface area contributed by atoms with Gasteiger partial charge in [-0.25, -0.2) is 0 Å². The van der Waals surface area contributed by atoms with Gasteiger partial charge in [-0.2, -0.15) is 0 Å². The summed E-state index contributed by atoms with van der Waals surface area (Å²) in [6.07, 6.45) is 0. The molecule has 2 heterocycles. The van der Waals surface area contributed by atoms with Gasteiger partial charge >= 0.3 is 0 Å². The summed E-state index contributed by atoms with van der Waals surface area (Å²) in [5.41, 5.74) is 12.1. The monoisotopic (exact) mass is 610 g/mol. The number of nitrogens with zero attached hydrogens (tertiary/aromatic N) is 2. The Hall–Kier alpha value is -6.38. The second-order valence-electron chi connectivity index (χ2n) is 12.5. The van der Waals surface area contributed by atoms with Gasteiger partial charge in [0.2, 0.25) is 0 Å². The molecule has 224 valence electrons. The normalized spacial score (nSPS) is 11.8. The largest absolute Gasteiger partial charge is 0.309 e. The van der Waals surface area contributed by atoms with Crippen LogP contribution in [0.1, 0.15) is 0 Å². The van der Waals surface area contributed by atoms with Gasteiger partial charge in [-0.1, -0.05) is 133 Å². The smallest absolute Gasteiger partial charge is 0.0541 e. The molecular formula is C46H30N2. The molecule has 0 fully saturated rings. The fourth-order valence-corrected chi connectivity index (χ4v) is 7.78. The first kappa shape index (κ1) is 26.8. The van der Waals surface area contributed by atoms with E-state index in [-0.39, 0.29) is 0 Å². The maximum Gasteiger partial charge on any atom is 0.0541 e. The molecule has 2 heteroatoms. The van der Waals surface area contributed by atoms with E-state index in [1.54, 1.807) is 0 Å². The molecule has 0 bridgehead atoms. The molecule has 0 spiro atoms. The molecule has 2 aromatic heterocycles. The van der Waals surface area contributed by atoms with E-state index in [1.807, 2.05) is 0 Å².